The molecule has 3 aromatic rings. The van der Waals surface area contributed by atoms with Crippen molar-refractivity contribution < 1.29 is 0 Å². The SMILES string of the molecule is ClC(Cc1ccsc1)c1csc2ccccc12. The van der Waals surface area contributed by atoms with Crippen LogP contribution in [-0.2, 0) is 6.42 Å². The fraction of sp³-hybridized carbons (Fsp3) is 0.143. The molecule has 2 heterocycles. The van der Waals surface area contributed by atoms with Crippen LogP contribution in [0.2, 0.25) is 0 Å². The first-order valence-corrected chi connectivity index (χ1v) is 7.72. The summed E-state index contributed by atoms with van der Waals surface area (Å²) in [5.74, 6) is 0. The summed E-state index contributed by atoms with van der Waals surface area (Å²) in [5, 5.41) is 7.83. The fourth-order valence-electron chi connectivity index (χ4n) is 1.97. The van der Waals surface area contributed by atoms with E-state index in [4.69, 9.17) is 11.6 Å². The van der Waals surface area contributed by atoms with Gasteiger partial charge in [0.1, 0.15) is 0 Å². The topological polar surface area (TPSA) is 0 Å². The molecule has 0 bridgehead atoms. The minimum absolute atomic E-state index is 0.0701. The maximum Gasteiger partial charge on any atom is 0.0640 e. The zero-order valence-electron chi connectivity index (χ0n) is 9.10. The third-order valence-electron chi connectivity index (χ3n) is 2.84. The molecule has 3 rings (SSSR count). The van der Waals surface area contributed by atoms with E-state index >= 15 is 0 Å². The standard InChI is InChI=1S/C14H11ClS2/c15-13(7-10-5-6-16-8-10)12-9-17-14-4-2-1-3-11(12)14/h1-6,8-9,13H,7H2. The van der Waals surface area contributed by atoms with Gasteiger partial charge in [0, 0.05) is 4.70 Å². The maximum atomic E-state index is 6.53. The minimum atomic E-state index is 0.0701. The van der Waals surface area contributed by atoms with E-state index in [0.717, 1.165) is 6.42 Å². The molecule has 3 heteroatoms. The van der Waals surface area contributed by atoms with E-state index < -0.39 is 0 Å². The number of hydrogen-bond donors (Lipinski definition) is 0. The number of rotatable bonds is 3. The van der Waals surface area contributed by atoms with Gasteiger partial charge in [-0.2, -0.15) is 11.3 Å². The Morgan fingerprint density at radius 2 is 2.00 bits per heavy atom. The third kappa shape index (κ3) is 2.25. The number of thiophene rings is 2. The highest BCUT2D eigenvalue weighted by atomic mass is 35.5. The molecule has 1 unspecified atom stereocenters. The van der Waals surface area contributed by atoms with E-state index in [9.17, 15) is 0 Å². The van der Waals surface area contributed by atoms with Gasteiger partial charge in [-0.1, -0.05) is 18.2 Å². The van der Waals surface area contributed by atoms with Crippen molar-refractivity contribution in [2.24, 2.45) is 0 Å². The Morgan fingerprint density at radius 1 is 1.12 bits per heavy atom. The zero-order chi connectivity index (χ0) is 11.7. The monoisotopic (exact) mass is 278 g/mol. The quantitative estimate of drug-likeness (QED) is 0.556. The van der Waals surface area contributed by atoms with Crippen molar-refractivity contribution in [1.29, 1.82) is 0 Å². The molecule has 1 aromatic carbocycles. The second-order valence-electron chi connectivity index (χ2n) is 3.99. The Labute approximate surface area is 113 Å². The normalized spacial score (nSPS) is 13.0. The van der Waals surface area contributed by atoms with E-state index in [2.05, 4.69) is 46.5 Å². The van der Waals surface area contributed by atoms with Gasteiger partial charge in [0.15, 0.2) is 0 Å². The lowest BCUT2D eigenvalue weighted by atomic mass is 10.1. The van der Waals surface area contributed by atoms with E-state index in [1.807, 2.05) is 0 Å². The molecule has 0 amide bonds. The van der Waals surface area contributed by atoms with Gasteiger partial charge in [-0.15, -0.1) is 22.9 Å². The van der Waals surface area contributed by atoms with Crippen LogP contribution in [0.4, 0.5) is 0 Å². The van der Waals surface area contributed by atoms with Gasteiger partial charge in [-0.25, -0.2) is 0 Å². The summed E-state index contributed by atoms with van der Waals surface area (Å²) in [7, 11) is 0. The first kappa shape index (κ1) is 11.3. The highest BCUT2D eigenvalue weighted by molar-refractivity contribution is 7.17. The Morgan fingerprint density at radius 3 is 2.82 bits per heavy atom. The average molecular weight is 279 g/mol. The highest BCUT2D eigenvalue weighted by Crippen LogP contribution is 2.35. The summed E-state index contributed by atoms with van der Waals surface area (Å²) in [6.45, 7) is 0. The summed E-state index contributed by atoms with van der Waals surface area (Å²) in [6.07, 6.45) is 0.909. The van der Waals surface area contributed by atoms with Crippen molar-refractivity contribution in [3.05, 3.63) is 57.6 Å². The van der Waals surface area contributed by atoms with E-state index in [1.54, 1.807) is 22.7 Å². The molecule has 0 aliphatic carbocycles. The lowest BCUT2D eigenvalue weighted by molar-refractivity contribution is 0.937. The molecule has 0 spiro atoms. The molecule has 86 valence electrons. The van der Waals surface area contributed by atoms with Crippen molar-refractivity contribution >= 4 is 44.4 Å². The van der Waals surface area contributed by atoms with Crippen LogP contribution < -0.4 is 0 Å². The molecular formula is C14H11ClS2. The summed E-state index contributed by atoms with van der Waals surface area (Å²) in [6, 6.07) is 10.6. The van der Waals surface area contributed by atoms with Crippen molar-refractivity contribution in [3.63, 3.8) is 0 Å². The summed E-state index contributed by atoms with van der Waals surface area (Å²) in [4.78, 5) is 0. The summed E-state index contributed by atoms with van der Waals surface area (Å²) < 4.78 is 1.32. The first-order chi connectivity index (χ1) is 8.34. The van der Waals surface area contributed by atoms with Gasteiger partial charge in [0.05, 0.1) is 5.38 Å². The van der Waals surface area contributed by atoms with Crippen LogP contribution >= 0.6 is 34.3 Å². The number of benzene rings is 1. The van der Waals surface area contributed by atoms with Gasteiger partial charge in [-0.3, -0.25) is 0 Å². The smallest absolute Gasteiger partial charge is 0.0640 e. The van der Waals surface area contributed by atoms with Gasteiger partial charge >= 0.3 is 0 Å². The predicted octanol–water partition coefficient (Wildman–Crippen LogP) is 5.49. The van der Waals surface area contributed by atoms with Gasteiger partial charge in [0.2, 0.25) is 0 Å². The van der Waals surface area contributed by atoms with Gasteiger partial charge in [-0.05, 0) is 51.2 Å². The lowest BCUT2D eigenvalue weighted by Gasteiger charge is -2.07. The molecule has 17 heavy (non-hydrogen) atoms. The summed E-state index contributed by atoms with van der Waals surface area (Å²) in [5.41, 5.74) is 2.59. The molecule has 0 saturated carbocycles. The molecule has 0 aliphatic rings. The predicted molar refractivity (Wildman–Crippen MR) is 78.4 cm³/mol. The highest BCUT2D eigenvalue weighted by Gasteiger charge is 2.13. The average Bonchev–Trinajstić information content (AvgIpc) is 2.96. The van der Waals surface area contributed by atoms with Crippen molar-refractivity contribution in [2.45, 2.75) is 11.8 Å². The van der Waals surface area contributed by atoms with Crippen LogP contribution in [0.3, 0.4) is 0 Å². The Bertz CT molecular complexity index is 610. The first-order valence-electron chi connectivity index (χ1n) is 5.46. The third-order valence-corrected chi connectivity index (χ3v) is 4.95. The number of fused-ring (bicyclic) bond motifs is 1. The molecule has 0 nitrogen and oxygen atoms in total. The summed E-state index contributed by atoms with van der Waals surface area (Å²) >= 11 is 10.0. The van der Waals surface area contributed by atoms with E-state index in [1.165, 1.54) is 21.2 Å². The number of halogens is 1. The van der Waals surface area contributed by atoms with Crippen LogP contribution in [0.25, 0.3) is 10.1 Å². The second-order valence-corrected chi connectivity index (χ2v) is 6.21. The molecular weight excluding hydrogens is 268 g/mol. The molecule has 2 aromatic heterocycles. The van der Waals surface area contributed by atoms with Crippen LogP contribution in [0.15, 0.2) is 46.5 Å². The van der Waals surface area contributed by atoms with Crippen molar-refractivity contribution in [2.75, 3.05) is 0 Å². The van der Waals surface area contributed by atoms with Crippen LogP contribution in [0, 0.1) is 0 Å². The Balaban J connectivity index is 1.93. The Kier molecular flexibility index (Phi) is 3.19. The molecule has 0 saturated heterocycles. The van der Waals surface area contributed by atoms with Crippen LogP contribution in [-0.4, -0.2) is 0 Å². The minimum Gasteiger partial charge on any atom is -0.152 e. The molecule has 0 aliphatic heterocycles. The fourth-order valence-corrected chi connectivity index (χ4v) is 4.10. The lowest BCUT2D eigenvalue weighted by Crippen LogP contribution is -1.93. The molecule has 0 N–H and O–H groups in total. The molecule has 1 atom stereocenters. The maximum absolute atomic E-state index is 6.53. The van der Waals surface area contributed by atoms with Crippen molar-refractivity contribution in [1.82, 2.24) is 0 Å². The number of hydrogen-bond acceptors (Lipinski definition) is 2. The molecule has 0 radical (unpaired) electrons. The number of alkyl halides is 1. The van der Waals surface area contributed by atoms with Crippen molar-refractivity contribution in [3.8, 4) is 0 Å². The van der Waals surface area contributed by atoms with E-state index in [0.29, 0.717) is 0 Å². The second kappa shape index (κ2) is 4.81. The zero-order valence-corrected chi connectivity index (χ0v) is 11.5. The Hall–Kier alpha value is -0.830. The van der Waals surface area contributed by atoms with Gasteiger partial charge in [0.25, 0.3) is 0 Å². The van der Waals surface area contributed by atoms with Crippen LogP contribution in [0.5, 0.6) is 0 Å². The van der Waals surface area contributed by atoms with E-state index in [-0.39, 0.29) is 5.38 Å². The van der Waals surface area contributed by atoms with Gasteiger partial charge < -0.3 is 0 Å². The largest absolute Gasteiger partial charge is 0.152 e. The van der Waals surface area contributed by atoms with Crippen LogP contribution in [0.1, 0.15) is 16.5 Å². The molecule has 0 fully saturated rings.